The van der Waals surface area contributed by atoms with E-state index in [1.54, 1.807) is 0 Å². The van der Waals surface area contributed by atoms with E-state index in [0.717, 1.165) is 0 Å². The maximum Gasteiger partial charge on any atom is 0.0328 e. The maximum atomic E-state index is 3.84. The van der Waals surface area contributed by atoms with Gasteiger partial charge in [0.15, 0.2) is 0 Å². The highest BCUT2D eigenvalue weighted by Gasteiger charge is 2.20. The second-order valence-electron chi connectivity index (χ2n) is 5.91. The Morgan fingerprint density at radius 1 is 1.05 bits per heavy atom. The molecule has 0 spiro atoms. The van der Waals surface area contributed by atoms with Crippen LogP contribution in [0.15, 0.2) is 53.0 Å². The van der Waals surface area contributed by atoms with Crippen molar-refractivity contribution >= 4 is 15.9 Å². The van der Waals surface area contributed by atoms with E-state index >= 15 is 0 Å². The molecule has 1 aliphatic rings. The summed E-state index contributed by atoms with van der Waals surface area (Å²) in [5.74, 6) is 0. The highest BCUT2D eigenvalue weighted by Crippen LogP contribution is 2.32. The molecule has 2 atom stereocenters. The first-order chi connectivity index (χ1) is 10.3. The van der Waals surface area contributed by atoms with Crippen molar-refractivity contribution in [3.8, 4) is 0 Å². The van der Waals surface area contributed by atoms with Crippen LogP contribution in [0.4, 0.5) is 0 Å². The molecule has 0 fully saturated rings. The molecule has 0 bridgehead atoms. The van der Waals surface area contributed by atoms with Crippen LogP contribution in [-0.2, 0) is 6.42 Å². The second kappa shape index (κ2) is 6.76. The van der Waals surface area contributed by atoms with Gasteiger partial charge in [-0.1, -0.05) is 64.8 Å². The molecular weight excluding hydrogens is 322 g/mol. The summed E-state index contributed by atoms with van der Waals surface area (Å²) >= 11 is 3.67. The lowest BCUT2D eigenvalue weighted by atomic mass is 9.97. The summed E-state index contributed by atoms with van der Waals surface area (Å²) in [6, 6.07) is 18.2. The van der Waals surface area contributed by atoms with Gasteiger partial charge in [-0.15, -0.1) is 0 Å². The van der Waals surface area contributed by atoms with Crippen molar-refractivity contribution in [1.29, 1.82) is 0 Å². The summed E-state index contributed by atoms with van der Waals surface area (Å²) in [5, 5.41) is 3.84. The van der Waals surface area contributed by atoms with Gasteiger partial charge in [0.25, 0.3) is 0 Å². The Bertz CT molecular complexity index is 608. The molecular formula is C19H22BrN. The van der Waals surface area contributed by atoms with Crippen molar-refractivity contribution in [2.45, 2.75) is 44.7 Å². The normalized spacial score (nSPS) is 19.6. The van der Waals surface area contributed by atoms with E-state index in [9.17, 15) is 0 Å². The van der Waals surface area contributed by atoms with Gasteiger partial charge < -0.3 is 5.32 Å². The average molecular weight is 344 g/mol. The van der Waals surface area contributed by atoms with Crippen LogP contribution < -0.4 is 5.32 Å². The summed E-state index contributed by atoms with van der Waals surface area (Å²) in [5.41, 5.74) is 4.35. The minimum absolute atomic E-state index is 0.344. The minimum atomic E-state index is 0.344. The number of halogens is 1. The summed E-state index contributed by atoms with van der Waals surface area (Å²) in [6.45, 7) is 2.26. The molecule has 3 rings (SSSR count). The highest BCUT2D eigenvalue weighted by atomic mass is 79.9. The van der Waals surface area contributed by atoms with Gasteiger partial charge in [-0.3, -0.25) is 0 Å². The molecule has 2 heteroatoms. The number of rotatable bonds is 3. The highest BCUT2D eigenvalue weighted by molar-refractivity contribution is 9.10. The number of nitrogens with one attached hydrogen (secondary N) is 1. The zero-order valence-corrected chi connectivity index (χ0v) is 14.1. The number of benzene rings is 2. The summed E-state index contributed by atoms with van der Waals surface area (Å²) < 4.78 is 1.19. The molecule has 2 unspecified atom stereocenters. The Kier molecular flexibility index (Phi) is 4.77. The first-order valence-electron chi connectivity index (χ1n) is 7.84. The lowest BCUT2D eigenvalue weighted by Crippen LogP contribution is -2.25. The molecule has 0 saturated heterocycles. The standard InChI is InChI=1S/C19H22BrN/c1-14(16-10-5-6-12-18(16)20)21-19-13-7-3-9-15-8-2-4-11-17(15)19/h2,4-6,8,10-12,14,19,21H,3,7,9,13H2,1H3. The lowest BCUT2D eigenvalue weighted by molar-refractivity contribution is 0.437. The van der Waals surface area contributed by atoms with Gasteiger partial charge in [-0.25, -0.2) is 0 Å². The van der Waals surface area contributed by atoms with Crippen molar-refractivity contribution in [2.75, 3.05) is 0 Å². The molecule has 2 aromatic carbocycles. The third-order valence-corrected chi connectivity index (χ3v) is 5.16. The van der Waals surface area contributed by atoms with Gasteiger partial charge in [0.1, 0.15) is 0 Å². The fourth-order valence-corrected chi connectivity index (χ4v) is 3.94. The van der Waals surface area contributed by atoms with E-state index in [2.05, 4.69) is 76.7 Å². The van der Waals surface area contributed by atoms with Crippen LogP contribution >= 0.6 is 15.9 Å². The first-order valence-corrected chi connectivity index (χ1v) is 8.63. The quantitative estimate of drug-likeness (QED) is 0.718. The molecule has 1 nitrogen and oxygen atoms in total. The van der Waals surface area contributed by atoms with Crippen LogP contribution in [0.2, 0.25) is 0 Å². The average Bonchev–Trinajstić information content (AvgIpc) is 2.70. The molecule has 1 N–H and O–H groups in total. The molecule has 0 radical (unpaired) electrons. The fourth-order valence-electron chi connectivity index (χ4n) is 3.31. The predicted molar refractivity (Wildman–Crippen MR) is 92.4 cm³/mol. The summed E-state index contributed by atoms with van der Waals surface area (Å²) in [4.78, 5) is 0. The van der Waals surface area contributed by atoms with E-state index in [4.69, 9.17) is 0 Å². The largest absolute Gasteiger partial charge is 0.303 e. The molecule has 0 heterocycles. The van der Waals surface area contributed by atoms with Gasteiger partial charge in [0, 0.05) is 16.6 Å². The fraction of sp³-hybridized carbons (Fsp3) is 0.368. The van der Waals surface area contributed by atoms with Crippen molar-refractivity contribution in [3.63, 3.8) is 0 Å². The molecule has 1 aliphatic carbocycles. The number of hydrogen-bond donors (Lipinski definition) is 1. The zero-order chi connectivity index (χ0) is 14.7. The van der Waals surface area contributed by atoms with E-state index in [0.29, 0.717) is 12.1 Å². The van der Waals surface area contributed by atoms with E-state index in [1.165, 1.54) is 46.8 Å². The second-order valence-corrected chi connectivity index (χ2v) is 6.76. The smallest absolute Gasteiger partial charge is 0.0328 e. The Balaban J connectivity index is 1.83. The lowest BCUT2D eigenvalue weighted by Gasteiger charge is -2.25. The van der Waals surface area contributed by atoms with E-state index < -0.39 is 0 Å². The van der Waals surface area contributed by atoms with Crippen molar-refractivity contribution in [2.24, 2.45) is 0 Å². The molecule has 2 aromatic rings. The topological polar surface area (TPSA) is 12.0 Å². The SMILES string of the molecule is CC(NC1CCCCc2ccccc21)c1ccccc1Br. The number of hydrogen-bond acceptors (Lipinski definition) is 1. The van der Waals surface area contributed by atoms with Gasteiger partial charge in [-0.05, 0) is 48.9 Å². The molecule has 0 aliphatic heterocycles. The molecule has 0 amide bonds. The van der Waals surface area contributed by atoms with Crippen LogP contribution in [0.25, 0.3) is 0 Å². The third kappa shape index (κ3) is 3.38. The maximum absolute atomic E-state index is 3.84. The van der Waals surface area contributed by atoms with E-state index in [-0.39, 0.29) is 0 Å². The van der Waals surface area contributed by atoms with Gasteiger partial charge >= 0.3 is 0 Å². The summed E-state index contributed by atoms with van der Waals surface area (Å²) in [6.07, 6.45) is 5.05. The molecule has 110 valence electrons. The third-order valence-electron chi connectivity index (χ3n) is 4.44. The Morgan fingerprint density at radius 3 is 2.67 bits per heavy atom. The Hall–Kier alpha value is -1.12. The van der Waals surface area contributed by atoms with Crippen LogP contribution in [0, 0.1) is 0 Å². The molecule has 0 aromatic heterocycles. The zero-order valence-electron chi connectivity index (χ0n) is 12.5. The predicted octanol–water partition coefficient (Wildman–Crippen LogP) is 5.57. The van der Waals surface area contributed by atoms with Crippen LogP contribution in [0.1, 0.15) is 55.0 Å². The summed E-state index contributed by atoms with van der Waals surface area (Å²) in [7, 11) is 0. The van der Waals surface area contributed by atoms with Gasteiger partial charge in [0.05, 0.1) is 0 Å². The first kappa shape index (κ1) is 14.8. The Labute approximate surface area is 135 Å². The number of aryl methyl sites for hydroxylation is 1. The van der Waals surface area contributed by atoms with Crippen molar-refractivity contribution < 1.29 is 0 Å². The monoisotopic (exact) mass is 343 g/mol. The van der Waals surface area contributed by atoms with Crippen LogP contribution in [0.5, 0.6) is 0 Å². The van der Waals surface area contributed by atoms with E-state index in [1.807, 2.05) is 0 Å². The van der Waals surface area contributed by atoms with Crippen molar-refractivity contribution in [3.05, 3.63) is 69.7 Å². The Morgan fingerprint density at radius 2 is 1.81 bits per heavy atom. The minimum Gasteiger partial charge on any atom is -0.303 e. The van der Waals surface area contributed by atoms with Crippen LogP contribution in [-0.4, -0.2) is 0 Å². The number of fused-ring (bicyclic) bond motifs is 1. The molecule has 21 heavy (non-hydrogen) atoms. The molecule has 0 saturated carbocycles. The van der Waals surface area contributed by atoms with Gasteiger partial charge in [0.2, 0.25) is 0 Å². The van der Waals surface area contributed by atoms with Crippen LogP contribution in [0.3, 0.4) is 0 Å². The van der Waals surface area contributed by atoms with Gasteiger partial charge in [-0.2, -0.15) is 0 Å². The van der Waals surface area contributed by atoms with Crippen molar-refractivity contribution in [1.82, 2.24) is 5.32 Å².